The maximum Gasteiger partial charge on any atom is 0.310 e. The third kappa shape index (κ3) is 2.96. The quantitative estimate of drug-likeness (QED) is 0.663. The lowest BCUT2D eigenvalue weighted by atomic mass is 10.1. The van der Waals surface area contributed by atoms with E-state index in [9.17, 15) is 9.59 Å². The monoisotopic (exact) mass is 292 g/mol. The molecule has 0 saturated carbocycles. The molecular formula is C14H16N2O3S. The highest BCUT2D eigenvalue weighted by Gasteiger charge is 2.32. The van der Waals surface area contributed by atoms with Crippen molar-refractivity contribution in [3.8, 4) is 0 Å². The molecule has 0 aliphatic carbocycles. The van der Waals surface area contributed by atoms with Crippen LogP contribution in [0, 0.1) is 5.92 Å². The number of methoxy groups -OCH3 is 1. The summed E-state index contributed by atoms with van der Waals surface area (Å²) < 4.78 is 4.71. The zero-order chi connectivity index (χ0) is 14.7. The van der Waals surface area contributed by atoms with Crippen molar-refractivity contribution in [2.24, 2.45) is 11.7 Å². The Kier molecular flexibility index (Phi) is 4.34. The van der Waals surface area contributed by atoms with Crippen molar-refractivity contribution < 1.29 is 14.3 Å². The molecule has 1 aromatic carbocycles. The summed E-state index contributed by atoms with van der Waals surface area (Å²) in [5, 5.41) is 0. The van der Waals surface area contributed by atoms with Gasteiger partial charge in [0.1, 0.15) is 4.99 Å². The molecule has 1 aliphatic heterocycles. The van der Waals surface area contributed by atoms with Gasteiger partial charge in [-0.2, -0.15) is 0 Å². The number of nitrogens with zero attached hydrogens (tertiary/aromatic N) is 1. The van der Waals surface area contributed by atoms with Crippen molar-refractivity contribution in [2.45, 2.75) is 6.42 Å². The average Bonchev–Trinajstić information content (AvgIpc) is 2.95. The molecule has 2 rings (SSSR count). The molecule has 0 aromatic heterocycles. The Hall–Kier alpha value is -1.95. The number of likely N-dealkylation sites (tertiary alicyclic amines) is 1. The van der Waals surface area contributed by atoms with Gasteiger partial charge in [-0.25, -0.2) is 0 Å². The lowest BCUT2D eigenvalue weighted by Gasteiger charge is -2.16. The Bertz CT molecular complexity index is 559. The van der Waals surface area contributed by atoms with Gasteiger partial charge in [-0.3, -0.25) is 9.59 Å². The average molecular weight is 292 g/mol. The Balaban J connectivity index is 2.11. The molecule has 1 atom stereocenters. The van der Waals surface area contributed by atoms with E-state index < -0.39 is 0 Å². The summed E-state index contributed by atoms with van der Waals surface area (Å²) in [5.41, 5.74) is 6.75. The highest BCUT2D eigenvalue weighted by Crippen LogP contribution is 2.20. The molecule has 1 aliphatic rings. The summed E-state index contributed by atoms with van der Waals surface area (Å²) in [6.45, 7) is 0.943. The van der Waals surface area contributed by atoms with Gasteiger partial charge in [0.05, 0.1) is 13.0 Å². The van der Waals surface area contributed by atoms with E-state index >= 15 is 0 Å². The molecule has 5 nitrogen and oxygen atoms in total. The number of nitrogens with two attached hydrogens (primary N) is 1. The second-order valence-corrected chi connectivity index (χ2v) is 5.14. The van der Waals surface area contributed by atoms with Gasteiger partial charge in [0.2, 0.25) is 0 Å². The van der Waals surface area contributed by atoms with E-state index in [4.69, 9.17) is 22.7 Å². The molecule has 1 fully saturated rings. The first-order valence-corrected chi connectivity index (χ1v) is 6.70. The van der Waals surface area contributed by atoms with Crippen LogP contribution in [0.1, 0.15) is 22.3 Å². The maximum absolute atomic E-state index is 12.4. The number of esters is 1. The molecule has 2 N–H and O–H groups in total. The van der Waals surface area contributed by atoms with Gasteiger partial charge >= 0.3 is 5.97 Å². The summed E-state index contributed by atoms with van der Waals surface area (Å²) in [5.74, 6) is -0.616. The van der Waals surface area contributed by atoms with E-state index in [-0.39, 0.29) is 22.8 Å². The van der Waals surface area contributed by atoms with E-state index in [0.29, 0.717) is 30.6 Å². The molecule has 20 heavy (non-hydrogen) atoms. The van der Waals surface area contributed by atoms with Crippen LogP contribution in [0.15, 0.2) is 24.3 Å². The summed E-state index contributed by atoms with van der Waals surface area (Å²) in [4.78, 5) is 25.7. The van der Waals surface area contributed by atoms with Crippen LogP contribution in [0.2, 0.25) is 0 Å². The van der Waals surface area contributed by atoms with Crippen LogP contribution < -0.4 is 5.73 Å². The summed E-state index contributed by atoms with van der Waals surface area (Å²) >= 11 is 4.90. The Labute approximate surface area is 122 Å². The smallest absolute Gasteiger partial charge is 0.310 e. The number of carbonyl (C=O) groups is 2. The Morgan fingerprint density at radius 3 is 2.75 bits per heavy atom. The first kappa shape index (κ1) is 14.5. The molecule has 1 saturated heterocycles. The van der Waals surface area contributed by atoms with Crippen LogP contribution in [0.5, 0.6) is 0 Å². The van der Waals surface area contributed by atoms with Crippen LogP contribution >= 0.6 is 12.2 Å². The second kappa shape index (κ2) is 6.00. The molecule has 1 heterocycles. The fourth-order valence-corrected chi connectivity index (χ4v) is 2.42. The maximum atomic E-state index is 12.4. The highest BCUT2D eigenvalue weighted by molar-refractivity contribution is 7.80. The minimum absolute atomic E-state index is 0.116. The third-order valence-electron chi connectivity index (χ3n) is 3.40. The summed E-state index contributed by atoms with van der Waals surface area (Å²) in [6, 6.07) is 6.90. The van der Waals surface area contributed by atoms with Gasteiger partial charge in [0.15, 0.2) is 0 Å². The fraction of sp³-hybridized carbons (Fsp3) is 0.357. The van der Waals surface area contributed by atoms with E-state index in [1.807, 2.05) is 0 Å². The zero-order valence-electron chi connectivity index (χ0n) is 11.2. The van der Waals surface area contributed by atoms with Crippen molar-refractivity contribution in [2.75, 3.05) is 20.2 Å². The van der Waals surface area contributed by atoms with Crippen LogP contribution in [-0.2, 0) is 9.53 Å². The topological polar surface area (TPSA) is 72.6 Å². The van der Waals surface area contributed by atoms with Gasteiger partial charge in [-0.1, -0.05) is 24.4 Å². The van der Waals surface area contributed by atoms with Crippen LogP contribution in [-0.4, -0.2) is 42.0 Å². The largest absolute Gasteiger partial charge is 0.469 e. The molecule has 1 amide bonds. The molecule has 106 valence electrons. The van der Waals surface area contributed by atoms with Crippen LogP contribution in [0.4, 0.5) is 0 Å². The lowest BCUT2D eigenvalue weighted by Crippen LogP contribution is -2.30. The zero-order valence-corrected chi connectivity index (χ0v) is 12.0. The van der Waals surface area contributed by atoms with Crippen LogP contribution in [0.25, 0.3) is 0 Å². The van der Waals surface area contributed by atoms with Gasteiger partial charge in [0, 0.05) is 24.2 Å². The third-order valence-corrected chi connectivity index (χ3v) is 3.64. The van der Waals surface area contributed by atoms with Crippen molar-refractivity contribution in [1.29, 1.82) is 0 Å². The van der Waals surface area contributed by atoms with E-state index in [1.54, 1.807) is 29.2 Å². The molecule has 0 bridgehead atoms. The number of rotatable bonds is 3. The standard InChI is InChI=1S/C14H16N2O3S/c1-19-14(18)11-5-6-16(8-11)13(17)10-4-2-3-9(7-10)12(15)20/h2-4,7,11H,5-6,8H2,1H3,(H2,15,20). The number of amides is 1. The summed E-state index contributed by atoms with van der Waals surface area (Å²) in [6.07, 6.45) is 0.632. The lowest BCUT2D eigenvalue weighted by molar-refractivity contribution is -0.144. The minimum atomic E-state index is -0.266. The number of hydrogen-bond donors (Lipinski definition) is 1. The Morgan fingerprint density at radius 1 is 1.40 bits per heavy atom. The van der Waals surface area contributed by atoms with Crippen molar-refractivity contribution in [3.05, 3.63) is 35.4 Å². The van der Waals surface area contributed by atoms with Gasteiger partial charge in [0.25, 0.3) is 5.91 Å². The molecule has 6 heteroatoms. The highest BCUT2D eigenvalue weighted by atomic mass is 32.1. The molecule has 0 spiro atoms. The first-order chi connectivity index (χ1) is 9.52. The van der Waals surface area contributed by atoms with Crippen molar-refractivity contribution in [1.82, 2.24) is 4.90 Å². The van der Waals surface area contributed by atoms with E-state index in [1.165, 1.54) is 7.11 Å². The Morgan fingerprint density at radius 2 is 2.10 bits per heavy atom. The number of thiocarbonyl (C=S) groups is 1. The first-order valence-electron chi connectivity index (χ1n) is 6.30. The predicted molar refractivity (Wildman–Crippen MR) is 78.4 cm³/mol. The molecule has 1 unspecified atom stereocenters. The van der Waals surface area contributed by atoms with Crippen molar-refractivity contribution in [3.63, 3.8) is 0 Å². The predicted octanol–water partition coefficient (Wildman–Crippen LogP) is 0.956. The molecular weight excluding hydrogens is 276 g/mol. The van der Waals surface area contributed by atoms with Gasteiger partial charge < -0.3 is 15.4 Å². The van der Waals surface area contributed by atoms with E-state index in [2.05, 4.69) is 0 Å². The number of hydrogen-bond acceptors (Lipinski definition) is 4. The number of ether oxygens (including phenoxy) is 1. The summed E-state index contributed by atoms with van der Waals surface area (Å²) in [7, 11) is 1.36. The fourth-order valence-electron chi connectivity index (χ4n) is 2.29. The number of carbonyl (C=O) groups excluding carboxylic acids is 2. The molecule has 1 aromatic rings. The molecule has 0 radical (unpaired) electrons. The van der Waals surface area contributed by atoms with Gasteiger partial charge in [-0.05, 0) is 18.6 Å². The van der Waals surface area contributed by atoms with E-state index in [0.717, 1.165) is 0 Å². The SMILES string of the molecule is COC(=O)C1CCN(C(=O)c2cccc(C(N)=S)c2)C1. The number of benzene rings is 1. The second-order valence-electron chi connectivity index (χ2n) is 4.70. The minimum Gasteiger partial charge on any atom is -0.469 e. The van der Waals surface area contributed by atoms with Crippen LogP contribution in [0.3, 0.4) is 0 Å². The van der Waals surface area contributed by atoms with Crippen molar-refractivity contribution >= 4 is 29.1 Å². The van der Waals surface area contributed by atoms with Gasteiger partial charge in [-0.15, -0.1) is 0 Å². The normalized spacial score (nSPS) is 17.9.